The molecule has 1 aromatic heterocycles. The van der Waals surface area contributed by atoms with Crippen LogP contribution in [-0.4, -0.2) is 4.37 Å². The number of hydrogen-bond donors (Lipinski definition) is 0. The molecule has 114 valence electrons. The first-order valence-electron chi connectivity index (χ1n) is 7.10. The molecule has 3 aromatic rings. The van der Waals surface area contributed by atoms with Crippen LogP contribution in [0.25, 0.3) is 0 Å². The van der Waals surface area contributed by atoms with E-state index in [9.17, 15) is 5.26 Å². The lowest BCUT2D eigenvalue weighted by atomic mass is 10.2. The van der Waals surface area contributed by atoms with Gasteiger partial charge in [0.15, 0.2) is 0 Å². The standard InChI is InChI=1S/C18H14N2OS2/c19-11-16-17(21-12-14-7-3-1-4-8-14)20-23-18(16)22-13-15-9-5-2-6-10-15/h1-10H,12-13H2. The molecule has 2 aromatic carbocycles. The van der Waals surface area contributed by atoms with Gasteiger partial charge in [-0.15, -0.1) is 11.8 Å². The van der Waals surface area contributed by atoms with E-state index in [0.717, 1.165) is 15.5 Å². The third-order valence-electron chi connectivity index (χ3n) is 3.17. The summed E-state index contributed by atoms with van der Waals surface area (Å²) in [4.78, 5) is 0. The highest BCUT2D eigenvalue weighted by molar-refractivity contribution is 8.00. The van der Waals surface area contributed by atoms with Crippen molar-refractivity contribution in [2.45, 2.75) is 16.6 Å². The summed E-state index contributed by atoms with van der Waals surface area (Å²) in [6.07, 6.45) is 0. The highest BCUT2D eigenvalue weighted by Crippen LogP contribution is 2.35. The number of ether oxygens (including phenoxy) is 1. The van der Waals surface area contributed by atoms with Gasteiger partial charge in [0.2, 0.25) is 5.88 Å². The van der Waals surface area contributed by atoms with Gasteiger partial charge in [-0.3, -0.25) is 0 Å². The van der Waals surface area contributed by atoms with Crippen molar-refractivity contribution in [2.75, 3.05) is 0 Å². The zero-order valence-electron chi connectivity index (χ0n) is 12.3. The van der Waals surface area contributed by atoms with Gasteiger partial charge in [-0.2, -0.15) is 9.64 Å². The van der Waals surface area contributed by atoms with E-state index in [1.165, 1.54) is 17.1 Å². The zero-order chi connectivity index (χ0) is 15.9. The van der Waals surface area contributed by atoms with E-state index in [0.29, 0.717) is 18.1 Å². The van der Waals surface area contributed by atoms with Gasteiger partial charge in [0.05, 0.1) is 0 Å². The fourth-order valence-corrected chi connectivity index (χ4v) is 3.80. The van der Waals surface area contributed by atoms with Crippen LogP contribution in [0, 0.1) is 11.3 Å². The predicted octanol–water partition coefficient (Wildman–Crippen LogP) is 4.89. The summed E-state index contributed by atoms with van der Waals surface area (Å²) >= 11 is 2.94. The lowest BCUT2D eigenvalue weighted by molar-refractivity contribution is 0.296. The van der Waals surface area contributed by atoms with Gasteiger partial charge in [0, 0.05) is 5.75 Å². The van der Waals surface area contributed by atoms with Crippen LogP contribution in [0.1, 0.15) is 16.7 Å². The molecule has 0 saturated heterocycles. The molecule has 3 nitrogen and oxygen atoms in total. The quantitative estimate of drug-likeness (QED) is 0.601. The number of aromatic nitrogens is 1. The van der Waals surface area contributed by atoms with Crippen LogP contribution in [0.15, 0.2) is 64.9 Å². The van der Waals surface area contributed by atoms with E-state index in [2.05, 4.69) is 22.6 Å². The maximum atomic E-state index is 9.41. The van der Waals surface area contributed by atoms with Crippen molar-refractivity contribution < 1.29 is 4.74 Å². The molecule has 0 atom stereocenters. The number of benzene rings is 2. The van der Waals surface area contributed by atoms with Gasteiger partial charge in [-0.1, -0.05) is 60.7 Å². The minimum absolute atomic E-state index is 0.419. The van der Waals surface area contributed by atoms with Crippen LogP contribution in [0.3, 0.4) is 0 Å². The van der Waals surface area contributed by atoms with Crippen molar-refractivity contribution in [3.8, 4) is 11.9 Å². The Hall–Kier alpha value is -2.29. The average Bonchev–Trinajstić information content (AvgIpc) is 3.02. The van der Waals surface area contributed by atoms with Crippen LogP contribution in [0.4, 0.5) is 0 Å². The predicted molar refractivity (Wildman–Crippen MR) is 93.6 cm³/mol. The summed E-state index contributed by atoms with van der Waals surface area (Å²) in [5.41, 5.74) is 2.82. The minimum atomic E-state index is 0.419. The Morgan fingerprint density at radius 1 is 1.00 bits per heavy atom. The Morgan fingerprint density at radius 3 is 2.30 bits per heavy atom. The summed E-state index contributed by atoms with van der Waals surface area (Å²) in [6, 6.07) is 22.3. The molecule has 0 amide bonds. The van der Waals surface area contributed by atoms with Gasteiger partial charge in [0.1, 0.15) is 22.4 Å². The monoisotopic (exact) mass is 338 g/mol. The van der Waals surface area contributed by atoms with Crippen LogP contribution >= 0.6 is 23.3 Å². The number of rotatable bonds is 6. The molecular weight excluding hydrogens is 324 g/mol. The Morgan fingerprint density at radius 2 is 1.65 bits per heavy atom. The molecule has 3 rings (SSSR count). The highest BCUT2D eigenvalue weighted by Gasteiger charge is 2.15. The van der Waals surface area contributed by atoms with Crippen molar-refractivity contribution in [1.82, 2.24) is 4.37 Å². The maximum Gasteiger partial charge on any atom is 0.244 e. The zero-order valence-corrected chi connectivity index (χ0v) is 13.9. The number of hydrogen-bond acceptors (Lipinski definition) is 5. The summed E-state index contributed by atoms with van der Waals surface area (Å²) in [6.45, 7) is 0.419. The molecule has 0 bridgehead atoms. The fourth-order valence-electron chi connectivity index (χ4n) is 2.00. The van der Waals surface area contributed by atoms with E-state index in [1.54, 1.807) is 11.8 Å². The average molecular weight is 338 g/mol. The lowest BCUT2D eigenvalue weighted by Crippen LogP contribution is -1.96. The van der Waals surface area contributed by atoms with Crippen LogP contribution in [-0.2, 0) is 12.4 Å². The van der Waals surface area contributed by atoms with Crippen molar-refractivity contribution in [1.29, 1.82) is 5.26 Å². The van der Waals surface area contributed by atoms with Gasteiger partial charge in [0.25, 0.3) is 0 Å². The summed E-state index contributed by atoms with van der Waals surface area (Å²) in [5.74, 6) is 1.24. The smallest absolute Gasteiger partial charge is 0.244 e. The van der Waals surface area contributed by atoms with Gasteiger partial charge in [-0.05, 0) is 22.7 Å². The Kier molecular flexibility index (Phi) is 5.30. The molecule has 0 aliphatic heterocycles. The molecule has 0 radical (unpaired) electrons. The van der Waals surface area contributed by atoms with E-state index >= 15 is 0 Å². The summed E-state index contributed by atoms with van der Waals surface area (Å²) < 4.78 is 10.9. The Labute approximate surface area is 143 Å². The third kappa shape index (κ3) is 4.13. The van der Waals surface area contributed by atoms with Crippen LogP contribution in [0.5, 0.6) is 5.88 Å². The molecule has 0 fully saturated rings. The summed E-state index contributed by atoms with van der Waals surface area (Å²) in [7, 11) is 0. The van der Waals surface area contributed by atoms with Crippen molar-refractivity contribution >= 4 is 23.3 Å². The first kappa shape index (κ1) is 15.6. The van der Waals surface area contributed by atoms with E-state index in [-0.39, 0.29) is 0 Å². The number of nitriles is 1. The summed E-state index contributed by atoms with van der Waals surface area (Å²) in [5, 5.41) is 9.41. The molecule has 0 N–H and O–H groups in total. The second-order valence-electron chi connectivity index (χ2n) is 4.81. The normalized spacial score (nSPS) is 10.2. The third-order valence-corrected chi connectivity index (χ3v) is 5.32. The number of thioether (sulfide) groups is 1. The molecule has 1 heterocycles. The first-order chi connectivity index (χ1) is 11.4. The number of nitrogens with zero attached hydrogens (tertiary/aromatic N) is 2. The molecule has 23 heavy (non-hydrogen) atoms. The van der Waals surface area contributed by atoms with E-state index in [4.69, 9.17) is 4.74 Å². The van der Waals surface area contributed by atoms with Crippen molar-refractivity contribution in [3.05, 3.63) is 77.4 Å². The lowest BCUT2D eigenvalue weighted by Gasteiger charge is -2.03. The molecule has 0 spiro atoms. The molecular formula is C18H14N2OS2. The highest BCUT2D eigenvalue weighted by atomic mass is 32.2. The second-order valence-corrected chi connectivity index (χ2v) is 6.83. The van der Waals surface area contributed by atoms with Crippen molar-refractivity contribution in [2.24, 2.45) is 0 Å². The van der Waals surface area contributed by atoms with E-state index < -0.39 is 0 Å². The molecule has 0 aliphatic carbocycles. The van der Waals surface area contributed by atoms with Gasteiger partial charge in [-0.25, -0.2) is 0 Å². The minimum Gasteiger partial charge on any atom is -0.471 e. The molecule has 0 unspecified atom stereocenters. The first-order valence-corrected chi connectivity index (χ1v) is 8.86. The molecule has 5 heteroatoms. The Balaban J connectivity index is 1.66. The Bertz CT molecular complexity index is 734. The van der Waals surface area contributed by atoms with E-state index in [1.807, 2.05) is 48.5 Å². The topological polar surface area (TPSA) is 45.9 Å². The maximum absolute atomic E-state index is 9.41. The fraction of sp³-hybridized carbons (Fsp3) is 0.111. The molecule has 0 saturated carbocycles. The van der Waals surface area contributed by atoms with Crippen LogP contribution in [0.2, 0.25) is 0 Å². The molecule has 0 aliphatic rings. The van der Waals surface area contributed by atoms with Gasteiger partial charge < -0.3 is 4.74 Å². The van der Waals surface area contributed by atoms with Crippen molar-refractivity contribution in [3.63, 3.8) is 0 Å². The van der Waals surface area contributed by atoms with Crippen LogP contribution < -0.4 is 4.74 Å². The SMILES string of the molecule is N#Cc1c(OCc2ccccc2)nsc1SCc1ccccc1. The van der Waals surface area contributed by atoms with Gasteiger partial charge >= 0.3 is 0 Å². The largest absolute Gasteiger partial charge is 0.471 e. The second kappa shape index (κ2) is 7.82.